The van der Waals surface area contributed by atoms with Gasteiger partial charge in [0.1, 0.15) is 17.3 Å². The second kappa shape index (κ2) is 5.66. The van der Waals surface area contributed by atoms with Gasteiger partial charge in [0.05, 0.1) is 7.11 Å². The first-order valence-electron chi connectivity index (χ1n) is 6.34. The summed E-state index contributed by atoms with van der Waals surface area (Å²) < 4.78 is 9.48. The van der Waals surface area contributed by atoms with Gasteiger partial charge in [-0.05, 0) is 18.2 Å². The number of nitrogens with zero attached hydrogens (tertiary/aromatic N) is 2. The molecule has 20 heavy (non-hydrogen) atoms. The summed E-state index contributed by atoms with van der Waals surface area (Å²) in [5.74, 6) is 1.77. The topological polar surface area (TPSA) is 67.3 Å². The summed E-state index contributed by atoms with van der Waals surface area (Å²) in [6.45, 7) is 6.70. The fraction of sp³-hybridized carbons (Fsp3) is 0.429. The fourth-order valence-corrected chi connectivity index (χ4v) is 2.35. The van der Waals surface area contributed by atoms with Crippen molar-refractivity contribution < 1.29 is 9.84 Å². The molecular weight excluding hydrogens is 274 g/mol. The number of aromatic nitrogens is 2. The van der Waals surface area contributed by atoms with Gasteiger partial charge < -0.3 is 15.2 Å². The molecule has 0 bridgehead atoms. The van der Waals surface area contributed by atoms with Gasteiger partial charge in [0.15, 0.2) is 0 Å². The second-order valence-electron chi connectivity index (χ2n) is 5.52. The summed E-state index contributed by atoms with van der Waals surface area (Å²) in [6, 6.07) is 5.14. The van der Waals surface area contributed by atoms with Gasteiger partial charge in [0, 0.05) is 29.1 Å². The zero-order valence-electron chi connectivity index (χ0n) is 12.1. The van der Waals surface area contributed by atoms with E-state index < -0.39 is 0 Å². The van der Waals surface area contributed by atoms with Crippen molar-refractivity contribution >= 4 is 16.7 Å². The maximum absolute atomic E-state index is 9.81. The predicted octanol–water partition coefficient (Wildman–Crippen LogP) is 3.16. The molecular formula is C14H19N3O2S. The predicted molar refractivity (Wildman–Crippen MR) is 80.6 cm³/mol. The molecule has 0 fully saturated rings. The largest absolute Gasteiger partial charge is 0.508 e. The van der Waals surface area contributed by atoms with Crippen LogP contribution in [0.2, 0.25) is 0 Å². The molecule has 108 valence electrons. The summed E-state index contributed by atoms with van der Waals surface area (Å²) >= 11 is 1.33. The number of ether oxygens (including phenoxy) is 1. The van der Waals surface area contributed by atoms with Crippen LogP contribution in [0.4, 0.5) is 5.13 Å². The van der Waals surface area contributed by atoms with E-state index in [1.54, 1.807) is 25.3 Å². The summed E-state index contributed by atoms with van der Waals surface area (Å²) in [7, 11) is 1.60. The van der Waals surface area contributed by atoms with Crippen LogP contribution in [0.1, 0.15) is 32.2 Å². The molecule has 1 heterocycles. The van der Waals surface area contributed by atoms with E-state index in [2.05, 4.69) is 35.4 Å². The number of aromatic hydroxyl groups is 1. The first kappa shape index (κ1) is 14.6. The molecule has 6 heteroatoms. The molecule has 1 aromatic carbocycles. The summed E-state index contributed by atoms with van der Waals surface area (Å²) in [6.07, 6.45) is 0. The molecule has 0 amide bonds. The smallest absolute Gasteiger partial charge is 0.202 e. The number of hydrogen-bond acceptors (Lipinski definition) is 6. The Morgan fingerprint density at radius 2 is 2.10 bits per heavy atom. The van der Waals surface area contributed by atoms with Crippen LogP contribution >= 0.6 is 11.5 Å². The van der Waals surface area contributed by atoms with Crippen molar-refractivity contribution in [1.29, 1.82) is 0 Å². The molecule has 0 atom stereocenters. The molecule has 2 rings (SSSR count). The lowest BCUT2D eigenvalue weighted by Gasteiger charge is -2.12. The highest BCUT2D eigenvalue weighted by Crippen LogP contribution is 2.26. The van der Waals surface area contributed by atoms with Crippen molar-refractivity contribution in [1.82, 2.24) is 9.36 Å². The lowest BCUT2D eigenvalue weighted by atomic mass is 9.96. The average molecular weight is 293 g/mol. The summed E-state index contributed by atoms with van der Waals surface area (Å²) in [4.78, 5) is 4.45. The highest BCUT2D eigenvalue weighted by Gasteiger charge is 2.19. The van der Waals surface area contributed by atoms with Crippen molar-refractivity contribution in [3.05, 3.63) is 29.6 Å². The number of phenolic OH excluding ortho intramolecular Hbond substituents is 1. The number of hydrogen-bond donors (Lipinski definition) is 2. The Kier molecular flexibility index (Phi) is 4.13. The minimum absolute atomic E-state index is 0.0610. The summed E-state index contributed by atoms with van der Waals surface area (Å²) in [5, 5.41) is 13.7. The molecule has 1 aromatic heterocycles. The van der Waals surface area contributed by atoms with Crippen LogP contribution in [-0.2, 0) is 12.0 Å². The zero-order chi connectivity index (χ0) is 14.8. The number of rotatable bonds is 4. The van der Waals surface area contributed by atoms with Gasteiger partial charge in [0.2, 0.25) is 5.13 Å². The van der Waals surface area contributed by atoms with E-state index in [0.29, 0.717) is 12.3 Å². The monoisotopic (exact) mass is 293 g/mol. The van der Waals surface area contributed by atoms with E-state index in [1.165, 1.54) is 11.5 Å². The highest BCUT2D eigenvalue weighted by atomic mass is 32.1. The van der Waals surface area contributed by atoms with E-state index in [4.69, 9.17) is 4.74 Å². The molecule has 0 aliphatic rings. The van der Waals surface area contributed by atoms with Crippen LogP contribution in [0.25, 0.3) is 0 Å². The van der Waals surface area contributed by atoms with Crippen LogP contribution in [0, 0.1) is 0 Å². The fourth-order valence-electron chi connectivity index (χ4n) is 1.60. The SMILES string of the molecule is COc1ccc(O)c(CNc2nc(C(C)(C)C)ns2)c1. The van der Waals surface area contributed by atoms with E-state index in [1.807, 2.05) is 0 Å². The van der Waals surface area contributed by atoms with Crippen LogP contribution < -0.4 is 10.1 Å². The number of nitrogens with one attached hydrogen (secondary N) is 1. The minimum Gasteiger partial charge on any atom is -0.508 e. The quantitative estimate of drug-likeness (QED) is 0.906. The van der Waals surface area contributed by atoms with Crippen molar-refractivity contribution in [3.63, 3.8) is 0 Å². The van der Waals surface area contributed by atoms with Gasteiger partial charge in [-0.1, -0.05) is 20.8 Å². The molecule has 2 aromatic rings. The van der Waals surface area contributed by atoms with E-state index in [9.17, 15) is 5.11 Å². The normalized spacial score (nSPS) is 11.4. The number of anilines is 1. The van der Waals surface area contributed by atoms with Crippen molar-refractivity contribution in [2.75, 3.05) is 12.4 Å². The third-order valence-corrected chi connectivity index (χ3v) is 3.49. The van der Waals surface area contributed by atoms with Crippen molar-refractivity contribution in [3.8, 4) is 11.5 Å². The van der Waals surface area contributed by atoms with Gasteiger partial charge >= 0.3 is 0 Å². The molecule has 5 nitrogen and oxygen atoms in total. The van der Waals surface area contributed by atoms with Gasteiger partial charge in [0.25, 0.3) is 0 Å². The molecule has 0 aliphatic carbocycles. The first-order valence-corrected chi connectivity index (χ1v) is 7.11. The molecule has 0 spiro atoms. The highest BCUT2D eigenvalue weighted by molar-refractivity contribution is 7.09. The van der Waals surface area contributed by atoms with Crippen LogP contribution in [-0.4, -0.2) is 21.6 Å². The standard InChI is InChI=1S/C14H19N3O2S/c1-14(2,3)12-16-13(20-17-12)15-8-9-7-10(19-4)5-6-11(9)18/h5-7,18H,8H2,1-4H3,(H,15,16,17). The maximum Gasteiger partial charge on any atom is 0.202 e. The molecule has 2 N–H and O–H groups in total. The summed E-state index contributed by atoms with van der Waals surface area (Å²) in [5.41, 5.74) is 0.700. The average Bonchev–Trinajstić information content (AvgIpc) is 2.86. The van der Waals surface area contributed by atoms with E-state index in [0.717, 1.165) is 16.5 Å². The van der Waals surface area contributed by atoms with E-state index in [-0.39, 0.29) is 11.2 Å². The zero-order valence-corrected chi connectivity index (χ0v) is 12.9. The lowest BCUT2D eigenvalue weighted by Crippen LogP contribution is -2.13. The Labute approximate surface area is 122 Å². The van der Waals surface area contributed by atoms with Gasteiger partial charge in [-0.15, -0.1) is 0 Å². The van der Waals surface area contributed by atoms with Crippen LogP contribution in [0.5, 0.6) is 11.5 Å². The van der Waals surface area contributed by atoms with E-state index >= 15 is 0 Å². The second-order valence-corrected chi connectivity index (χ2v) is 6.27. The van der Waals surface area contributed by atoms with Crippen LogP contribution in [0.3, 0.4) is 0 Å². The maximum atomic E-state index is 9.81. The van der Waals surface area contributed by atoms with Crippen molar-refractivity contribution in [2.45, 2.75) is 32.7 Å². The molecule has 0 aliphatic heterocycles. The molecule has 0 saturated carbocycles. The minimum atomic E-state index is -0.0610. The Balaban J connectivity index is 2.07. The Morgan fingerprint density at radius 3 is 2.70 bits per heavy atom. The molecule has 0 saturated heterocycles. The lowest BCUT2D eigenvalue weighted by molar-refractivity contribution is 0.411. The van der Waals surface area contributed by atoms with Crippen molar-refractivity contribution in [2.24, 2.45) is 0 Å². The third kappa shape index (κ3) is 3.39. The Hall–Kier alpha value is -1.82. The first-order chi connectivity index (χ1) is 9.40. The Bertz CT molecular complexity index is 590. The number of benzene rings is 1. The van der Waals surface area contributed by atoms with Gasteiger partial charge in [-0.25, -0.2) is 4.98 Å². The number of methoxy groups -OCH3 is 1. The molecule has 0 unspecified atom stereocenters. The number of phenols is 1. The Morgan fingerprint density at radius 1 is 1.35 bits per heavy atom. The van der Waals surface area contributed by atoms with Gasteiger partial charge in [-0.3, -0.25) is 0 Å². The van der Waals surface area contributed by atoms with Gasteiger partial charge in [-0.2, -0.15) is 4.37 Å². The molecule has 0 radical (unpaired) electrons. The van der Waals surface area contributed by atoms with Crippen LogP contribution in [0.15, 0.2) is 18.2 Å². The third-order valence-electron chi connectivity index (χ3n) is 2.81.